The first-order valence-electron chi connectivity index (χ1n) is 6.79. The van der Waals surface area contributed by atoms with Crippen LogP contribution in [0.4, 0.5) is 0 Å². The summed E-state index contributed by atoms with van der Waals surface area (Å²) in [5, 5.41) is 0. The van der Waals surface area contributed by atoms with E-state index in [-0.39, 0.29) is 11.9 Å². The zero-order valence-corrected chi connectivity index (χ0v) is 13.4. The van der Waals surface area contributed by atoms with E-state index in [9.17, 15) is 9.59 Å². The zero-order valence-electron chi connectivity index (χ0n) is 13.4. The number of unbranched alkanes of at least 4 members (excludes halogenated alkanes) is 1. The molecule has 4 nitrogen and oxygen atoms in total. The third-order valence-electron chi connectivity index (χ3n) is 1.82. The number of hydrogen-bond acceptors (Lipinski definition) is 4. The summed E-state index contributed by atoms with van der Waals surface area (Å²) in [6, 6.07) is 0. The maximum absolute atomic E-state index is 11.4. The molecule has 0 rings (SSSR count). The fourth-order valence-corrected chi connectivity index (χ4v) is 1.22. The maximum atomic E-state index is 11.4. The van der Waals surface area contributed by atoms with Crippen molar-refractivity contribution in [3.05, 3.63) is 24.3 Å². The molecule has 0 aromatic rings. The van der Waals surface area contributed by atoms with Crippen LogP contribution in [0.25, 0.3) is 0 Å². The number of esters is 2. The van der Waals surface area contributed by atoms with Crippen molar-refractivity contribution in [3.8, 4) is 0 Å². The Morgan fingerprint density at radius 2 is 1.05 bits per heavy atom. The molecule has 0 heterocycles. The molecule has 0 N–H and O–H groups in total. The van der Waals surface area contributed by atoms with E-state index in [0.717, 1.165) is 0 Å². The lowest BCUT2D eigenvalue weighted by molar-refractivity contribution is -0.149. The Labute approximate surface area is 121 Å². The largest absolute Gasteiger partial charge is 0.457 e. The van der Waals surface area contributed by atoms with E-state index in [1.807, 2.05) is 41.5 Å². The molecule has 0 amide bonds. The third kappa shape index (κ3) is 12.9. The van der Waals surface area contributed by atoms with Crippen LogP contribution in [-0.2, 0) is 19.1 Å². The summed E-state index contributed by atoms with van der Waals surface area (Å²) in [6.45, 7) is 10.9. The second-order valence-corrected chi connectivity index (χ2v) is 6.45. The van der Waals surface area contributed by atoms with Crippen LogP contribution in [0, 0.1) is 0 Å². The zero-order chi connectivity index (χ0) is 15.8. The summed E-state index contributed by atoms with van der Waals surface area (Å²) in [5.74, 6) is -0.706. The highest BCUT2D eigenvalue weighted by atomic mass is 16.6. The topological polar surface area (TPSA) is 52.6 Å². The van der Waals surface area contributed by atoms with Gasteiger partial charge in [-0.1, -0.05) is 12.2 Å². The molecule has 0 aliphatic rings. The molecule has 0 aromatic heterocycles. The van der Waals surface area contributed by atoms with Gasteiger partial charge in [-0.2, -0.15) is 0 Å². The predicted molar refractivity (Wildman–Crippen MR) is 79.2 cm³/mol. The molecule has 0 aromatic carbocycles. The first kappa shape index (κ1) is 18.4. The molecule has 0 atom stereocenters. The van der Waals surface area contributed by atoms with Gasteiger partial charge in [0, 0.05) is 12.2 Å². The highest BCUT2D eigenvalue weighted by Gasteiger charge is 2.14. The summed E-state index contributed by atoms with van der Waals surface area (Å²) in [6.07, 6.45) is 7.61. The molecule has 4 heteroatoms. The van der Waals surface area contributed by atoms with E-state index in [1.54, 1.807) is 12.2 Å². The molecule has 0 radical (unpaired) electrons. The van der Waals surface area contributed by atoms with Crippen LogP contribution in [0.15, 0.2) is 24.3 Å². The minimum Gasteiger partial charge on any atom is -0.457 e. The van der Waals surface area contributed by atoms with Gasteiger partial charge in [0.25, 0.3) is 0 Å². The van der Waals surface area contributed by atoms with E-state index >= 15 is 0 Å². The highest BCUT2D eigenvalue weighted by molar-refractivity contribution is 5.82. The van der Waals surface area contributed by atoms with Crippen molar-refractivity contribution < 1.29 is 19.1 Å². The monoisotopic (exact) mass is 282 g/mol. The van der Waals surface area contributed by atoms with Crippen LogP contribution in [0.2, 0.25) is 0 Å². The second kappa shape index (κ2) is 7.88. The number of rotatable bonds is 5. The maximum Gasteiger partial charge on any atom is 0.330 e. The molecule has 0 saturated carbocycles. The van der Waals surface area contributed by atoms with Gasteiger partial charge in [-0.15, -0.1) is 0 Å². The van der Waals surface area contributed by atoms with E-state index in [1.165, 1.54) is 12.2 Å². The van der Waals surface area contributed by atoms with E-state index < -0.39 is 11.2 Å². The van der Waals surface area contributed by atoms with Crippen LogP contribution in [0.5, 0.6) is 0 Å². The number of ether oxygens (including phenoxy) is 2. The van der Waals surface area contributed by atoms with Crippen molar-refractivity contribution in [2.45, 2.75) is 65.6 Å². The SMILES string of the molecule is CC(C)(C)OC(=O)/C=C/CC/C=C/C(=O)OC(C)(C)C. The van der Waals surface area contributed by atoms with Gasteiger partial charge in [-0.3, -0.25) is 0 Å². The van der Waals surface area contributed by atoms with Crippen molar-refractivity contribution in [2.24, 2.45) is 0 Å². The Kier molecular flexibility index (Phi) is 7.25. The fraction of sp³-hybridized carbons (Fsp3) is 0.625. The summed E-state index contributed by atoms with van der Waals surface area (Å²) in [7, 11) is 0. The Balaban J connectivity index is 3.91. The Bertz CT molecular complexity index is 340. The summed E-state index contributed by atoms with van der Waals surface area (Å²) < 4.78 is 10.2. The minimum atomic E-state index is -0.474. The molecular weight excluding hydrogens is 256 g/mol. The molecule has 20 heavy (non-hydrogen) atoms. The standard InChI is InChI=1S/C16H26O4/c1-15(2,3)19-13(17)11-9-7-8-10-12-14(18)20-16(4,5)6/h9-12H,7-8H2,1-6H3/b11-9+,12-10+. The van der Waals surface area contributed by atoms with Crippen LogP contribution in [-0.4, -0.2) is 23.1 Å². The molecular formula is C16H26O4. The number of carbonyl (C=O) groups excluding carboxylic acids is 2. The summed E-state index contributed by atoms with van der Waals surface area (Å²) >= 11 is 0. The molecule has 0 aliphatic carbocycles. The molecule has 0 saturated heterocycles. The average Bonchev–Trinajstić information content (AvgIpc) is 2.17. The summed E-state index contributed by atoms with van der Waals surface area (Å²) in [5.41, 5.74) is -0.948. The van der Waals surface area contributed by atoms with Crippen LogP contribution in [0.1, 0.15) is 54.4 Å². The minimum absolute atomic E-state index is 0.353. The predicted octanol–water partition coefficient (Wildman–Crippen LogP) is 3.56. The fourth-order valence-electron chi connectivity index (χ4n) is 1.22. The van der Waals surface area contributed by atoms with Crippen molar-refractivity contribution in [2.75, 3.05) is 0 Å². The first-order valence-corrected chi connectivity index (χ1v) is 6.79. The van der Waals surface area contributed by atoms with Gasteiger partial charge < -0.3 is 9.47 Å². The number of carbonyl (C=O) groups is 2. The second-order valence-electron chi connectivity index (χ2n) is 6.45. The number of allylic oxidation sites excluding steroid dienone is 2. The first-order chi connectivity index (χ1) is 8.99. The van der Waals surface area contributed by atoms with Crippen molar-refractivity contribution >= 4 is 11.9 Å². The Morgan fingerprint density at radius 3 is 1.30 bits per heavy atom. The smallest absolute Gasteiger partial charge is 0.330 e. The van der Waals surface area contributed by atoms with Gasteiger partial charge >= 0.3 is 11.9 Å². The van der Waals surface area contributed by atoms with Gasteiger partial charge in [0.1, 0.15) is 11.2 Å². The molecule has 0 fully saturated rings. The lowest BCUT2D eigenvalue weighted by Gasteiger charge is -2.18. The average molecular weight is 282 g/mol. The Morgan fingerprint density at radius 1 is 0.750 bits per heavy atom. The van der Waals surface area contributed by atoms with Crippen molar-refractivity contribution in [3.63, 3.8) is 0 Å². The molecule has 0 spiro atoms. The van der Waals surface area contributed by atoms with Gasteiger partial charge in [-0.05, 0) is 54.4 Å². The van der Waals surface area contributed by atoms with Crippen LogP contribution < -0.4 is 0 Å². The van der Waals surface area contributed by atoms with Gasteiger partial charge in [0.05, 0.1) is 0 Å². The van der Waals surface area contributed by atoms with Gasteiger partial charge in [-0.25, -0.2) is 9.59 Å². The van der Waals surface area contributed by atoms with Gasteiger partial charge in [0.2, 0.25) is 0 Å². The van der Waals surface area contributed by atoms with E-state index in [0.29, 0.717) is 12.8 Å². The van der Waals surface area contributed by atoms with Crippen molar-refractivity contribution in [1.29, 1.82) is 0 Å². The third-order valence-corrected chi connectivity index (χ3v) is 1.82. The normalized spacial score (nSPS) is 12.9. The Hall–Kier alpha value is -1.58. The molecule has 0 aliphatic heterocycles. The highest BCUT2D eigenvalue weighted by Crippen LogP contribution is 2.08. The lowest BCUT2D eigenvalue weighted by Crippen LogP contribution is -2.22. The lowest BCUT2D eigenvalue weighted by atomic mass is 10.2. The number of hydrogen-bond donors (Lipinski definition) is 0. The molecule has 0 bridgehead atoms. The van der Waals surface area contributed by atoms with Crippen molar-refractivity contribution in [1.82, 2.24) is 0 Å². The summed E-state index contributed by atoms with van der Waals surface area (Å²) in [4.78, 5) is 22.7. The van der Waals surface area contributed by atoms with Crippen LogP contribution >= 0.6 is 0 Å². The molecule has 114 valence electrons. The van der Waals surface area contributed by atoms with Gasteiger partial charge in [0.15, 0.2) is 0 Å². The quantitative estimate of drug-likeness (QED) is 0.439. The molecule has 0 unspecified atom stereocenters. The van der Waals surface area contributed by atoms with E-state index in [2.05, 4.69) is 0 Å². The van der Waals surface area contributed by atoms with E-state index in [4.69, 9.17) is 9.47 Å². The van der Waals surface area contributed by atoms with Crippen LogP contribution in [0.3, 0.4) is 0 Å².